The van der Waals surface area contributed by atoms with Crippen molar-refractivity contribution in [2.75, 3.05) is 5.32 Å². The molecule has 0 bridgehead atoms. The van der Waals surface area contributed by atoms with Gasteiger partial charge in [-0.15, -0.1) is 0 Å². The number of rotatable bonds is 6. The Bertz CT molecular complexity index is 910. The topological polar surface area (TPSA) is 113 Å². The van der Waals surface area contributed by atoms with Gasteiger partial charge in [-0.1, -0.05) is 6.92 Å². The van der Waals surface area contributed by atoms with Crippen molar-refractivity contribution in [1.82, 2.24) is 14.9 Å². The average Bonchev–Trinajstić information content (AvgIpc) is 2.57. The number of nitrogens with one attached hydrogen (secondary N) is 3. The van der Waals surface area contributed by atoms with Crippen molar-refractivity contribution in [3.05, 3.63) is 62.9 Å². The molecule has 1 aromatic heterocycles. The molecule has 0 atom stereocenters. The molecule has 2 aromatic rings. The maximum Gasteiger partial charge on any atom is 0.328 e. The summed E-state index contributed by atoms with van der Waals surface area (Å²) in [5, 5.41) is 5.57. The molecular formula is C18H22N4O4. The van der Waals surface area contributed by atoms with Crippen molar-refractivity contribution in [3.63, 3.8) is 0 Å². The van der Waals surface area contributed by atoms with Gasteiger partial charge >= 0.3 is 5.69 Å². The molecule has 0 spiro atoms. The Morgan fingerprint density at radius 1 is 1.12 bits per heavy atom. The molecule has 1 aromatic carbocycles. The van der Waals surface area contributed by atoms with Crippen LogP contribution in [-0.4, -0.2) is 26.9 Å². The van der Waals surface area contributed by atoms with E-state index in [0.717, 1.165) is 11.0 Å². The summed E-state index contributed by atoms with van der Waals surface area (Å²) in [6.07, 6.45) is 2.06. The van der Waals surface area contributed by atoms with E-state index in [1.165, 1.54) is 12.3 Å². The minimum Gasteiger partial charge on any atom is -0.347 e. The molecule has 8 nitrogen and oxygen atoms in total. The number of anilines is 1. The van der Waals surface area contributed by atoms with E-state index in [1.807, 2.05) is 20.8 Å². The minimum absolute atomic E-state index is 0.186. The Kier molecular flexibility index (Phi) is 5.76. The first-order chi connectivity index (χ1) is 12.2. The zero-order valence-corrected chi connectivity index (χ0v) is 15.0. The van der Waals surface area contributed by atoms with E-state index >= 15 is 0 Å². The van der Waals surface area contributed by atoms with Crippen LogP contribution in [0.4, 0.5) is 5.69 Å². The number of carbonyl (C=O) groups is 2. The second-order valence-electron chi connectivity index (χ2n) is 6.56. The van der Waals surface area contributed by atoms with Gasteiger partial charge in [-0.2, -0.15) is 0 Å². The SMILES string of the molecule is CCC(C)(C)NC(=O)c1ccc(NC(=O)Cn2ccc(=O)[nH]c2=O)cc1. The lowest BCUT2D eigenvalue weighted by molar-refractivity contribution is -0.116. The zero-order chi connectivity index (χ0) is 19.3. The van der Waals surface area contributed by atoms with Crippen LogP contribution < -0.4 is 21.9 Å². The van der Waals surface area contributed by atoms with E-state index in [0.29, 0.717) is 11.3 Å². The lowest BCUT2D eigenvalue weighted by Crippen LogP contribution is -2.42. The summed E-state index contributed by atoms with van der Waals surface area (Å²) in [7, 11) is 0. The predicted molar refractivity (Wildman–Crippen MR) is 98.2 cm³/mol. The molecule has 0 saturated heterocycles. The smallest absolute Gasteiger partial charge is 0.328 e. The quantitative estimate of drug-likeness (QED) is 0.717. The van der Waals surface area contributed by atoms with Gasteiger partial charge in [0.25, 0.3) is 11.5 Å². The lowest BCUT2D eigenvalue weighted by atomic mass is 10.0. The van der Waals surface area contributed by atoms with Crippen LogP contribution in [-0.2, 0) is 11.3 Å². The van der Waals surface area contributed by atoms with Crippen LogP contribution in [0, 0.1) is 0 Å². The van der Waals surface area contributed by atoms with Gasteiger partial charge in [0.05, 0.1) is 0 Å². The number of amides is 2. The molecule has 0 aliphatic heterocycles. The molecule has 8 heteroatoms. The van der Waals surface area contributed by atoms with Crippen molar-refractivity contribution in [2.24, 2.45) is 0 Å². The monoisotopic (exact) mass is 358 g/mol. The standard InChI is InChI=1S/C18H22N4O4/c1-4-18(2,3)21-16(25)12-5-7-13(8-6-12)19-15(24)11-22-10-9-14(23)20-17(22)26/h5-10H,4,11H2,1-3H3,(H,19,24)(H,21,25)(H,20,23,26). The highest BCUT2D eigenvalue weighted by Gasteiger charge is 2.18. The fraction of sp³-hybridized carbons (Fsp3) is 0.333. The normalized spacial score (nSPS) is 11.0. The Morgan fingerprint density at radius 2 is 1.77 bits per heavy atom. The van der Waals surface area contributed by atoms with Gasteiger partial charge in [0.2, 0.25) is 5.91 Å². The van der Waals surface area contributed by atoms with Crippen LogP contribution in [0.1, 0.15) is 37.6 Å². The van der Waals surface area contributed by atoms with Crippen molar-refractivity contribution < 1.29 is 9.59 Å². The highest BCUT2D eigenvalue weighted by atomic mass is 16.2. The number of benzene rings is 1. The molecule has 0 unspecified atom stereocenters. The molecule has 2 rings (SSSR count). The maximum atomic E-state index is 12.2. The van der Waals surface area contributed by atoms with Crippen LogP contribution in [0.25, 0.3) is 0 Å². The third kappa shape index (κ3) is 5.17. The minimum atomic E-state index is -0.654. The Hall–Kier alpha value is -3.16. The van der Waals surface area contributed by atoms with Gasteiger partial charge in [0, 0.05) is 29.1 Å². The fourth-order valence-electron chi connectivity index (χ4n) is 2.10. The second-order valence-corrected chi connectivity index (χ2v) is 6.56. The van der Waals surface area contributed by atoms with E-state index < -0.39 is 17.2 Å². The second kappa shape index (κ2) is 7.81. The highest BCUT2D eigenvalue weighted by Crippen LogP contribution is 2.12. The Labute approximate surface area is 150 Å². The number of aromatic amines is 1. The summed E-state index contributed by atoms with van der Waals surface area (Å²) in [5.41, 5.74) is -0.487. The van der Waals surface area contributed by atoms with E-state index in [1.54, 1.807) is 24.3 Å². The summed E-state index contributed by atoms with van der Waals surface area (Å²) >= 11 is 0. The largest absolute Gasteiger partial charge is 0.347 e. The molecule has 0 fully saturated rings. The molecule has 2 amide bonds. The Balaban J connectivity index is 2.00. The number of H-pyrrole nitrogens is 1. The molecule has 0 saturated carbocycles. The van der Waals surface area contributed by atoms with E-state index in [4.69, 9.17) is 0 Å². The number of carbonyl (C=O) groups excluding carboxylic acids is 2. The van der Waals surface area contributed by atoms with Crippen LogP contribution >= 0.6 is 0 Å². The van der Waals surface area contributed by atoms with Gasteiger partial charge in [-0.25, -0.2) is 4.79 Å². The van der Waals surface area contributed by atoms with Gasteiger partial charge in [-0.3, -0.25) is 23.9 Å². The summed E-state index contributed by atoms with van der Waals surface area (Å²) in [6.45, 7) is 5.64. The molecule has 0 aliphatic rings. The van der Waals surface area contributed by atoms with E-state index in [-0.39, 0.29) is 18.0 Å². The first-order valence-electron chi connectivity index (χ1n) is 8.22. The maximum absolute atomic E-state index is 12.2. The first-order valence-corrected chi connectivity index (χ1v) is 8.22. The molecule has 0 radical (unpaired) electrons. The van der Waals surface area contributed by atoms with Crippen LogP contribution in [0.5, 0.6) is 0 Å². The van der Waals surface area contributed by atoms with Gasteiger partial charge in [-0.05, 0) is 44.5 Å². The first kappa shape index (κ1) is 19.2. The third-order valence-electron chi connectivity index (χ3n) is 3.98. The molecule has 3 N–H and O–H groups in total. The summed E-state index contributed by atoms with van der Waals surface area (Å²) in [5.74, 6) is -0.613. The van der Waals surface area contributed by atoms with Gasteiger partial charge in [0.1, 0.15) is 6.54 Å². The van der Waals surface area contributed by atoms with Crippen molar-refractivity contribution in [1.29, 1.82) is 0 Å². The highest BCUT2D eigenvalue weighted by molar-refractivity contribution is 5.96. The molecule has 0 aliphatic carbocycles. The molecule has 138 valence electrons. The fourth-order valence-corrected chi connectivity index (χ4v) is 2.10. The number of nitrogens with zero attached hydrogens (tertiary/aromatic N) is 1. The summed E-state index contributed by atoms with van der Waals surface area (Å²) < 4.78 is 1.09. The van der Waals surface area contributed by atoms with Crippen molar-refractivity contribution >= 4 is 17.5 Å². The molecule has 26 heavy (non-hydrogen) atoms. The van der Waals surface area contributed by atoms with Crippen LogP contribution in [0.15, 0.2) is 46.1 Å². The Morgan fingerprint density at radius 3 is 2.35 bits per heavy atom. The number of aromatic nitrogens is 2. The summed E-state index contributed by atoms with van der Waals surface area (Å²) in [4.78, 5) is 48.9. The third-order valence-corrected chi connectivity index (χ3v) is 3.98. The van der Waals surface area contributed by atoms with Crippen LogP contribution in [0.3, 0.4) is 0 Å². The predicted octanol–water partition coefficient (Wildman–Crippen LogP) is 1.09. The summed E-state index contributed by atoms with van der Waals surface area (Å²) in [6, 6.07) is 7.62. The lowest BCUT2D eigenvalue weighted by Gasteiger charge is -2.24. The van der Waals surface area contributed by atoms with Crippen molar-refractivity contribution in [2.45, 2.75) is 39.3 Å². The van der Waals surface area contributed by atoms with E-state index in [9.17, 15) is 19.2 Å². The van der Waals surface area contributed by atoms with Crippen molar-refractivity contribution in [3.8, 4) is 0 Å². The van der Waals surface area contributed by atoms with Gasteiger partial charge in [0.15, 0.2) is 0 Å². The van der Waals surface area contributed by atoms with Gasteiger partial charge < -0.3 is 10.6 Å². The molecular weight excluding hydrogens is 336 g/mol. The number of hydrogen-bond donors (Lipinski definition) is 3. The zero-order valence-electron chi connectivity index (χ0n) is 15.0. The van der Waals surface area contributed by atoms with E-state index in [2.05, 4.69) is 15.6 Å². The molecule has 1 heterocycles. The number of hydrogen-bond acceptors (Lipinski definition) is 4. The average molecular weight is 358 g/mol. The van der Waals surface area contributed by atoms with Crippen LogP contribution in [0.2, 0.25) is 0 Å².